The molecule has 1 N–H and O–H groups in total. The van der Waals surface area contributed by atoms with Crippen molar-refractivity contribution in [2.75, 3.05) is 7.11 Å². The molecule has 0 aliphatic heterocycles. The Morgan fingerprint density at radius 1 is 1.33 bits per heavy atom. The molecule has 0 atom stereocenters. The number of methoxy groups -OCH3 is 1. The van der Waals surface area contributed by atoms with E-state index in [4.69, 9.17) is 17.0 Å². The van der Waals surface area contributed by atoms with Crippen molar-refractivity contribution in [2.45, 2.75) is 17.7 Å². The molecule has 0 saturated heterocycles. The first-order chi connectivity index (χ1) is 9.41. The maximum Gasteiger partial charge on any atom is 1.00 e. The monoisotopic (exact) mass is 370 g/mol. The number of fused-ring (bicyclic) bond motifs is 3. The molecule has 0 saturated carbocycles. The van der Waals surface area contributed by atoms with E-state index in [1.54, 1.807) is 16.4 Å². The fourth-order valence-corrected chi connectivity index (χ4v) is 6.04. The molecule has 0 fully saturated rings. The molecular weight excluding hydrogens is 359 g/mol. The summed E-state index contributed by atoms with van der Waals surface area (Å²) in [7, 11) is 0.138. The molecule has 1 aliphatic rings. The Labute approximate surface area is 158 Å². The third kappa shape index (κ3) is 3.13. The Bertz CT molecular complexity index is 856. The molecule has 4 nitrogen and oxygen atoms in total. The van der Waals surface area contributed by atoms with Crippen molar-refractivity contribution < 1.29 is 48.7 Å². The fourth-order valence-electron chi connectivity index (χ4n) is 2.34. The van der Waals surface area contributed by atoms with E-state index < -0.39 is 10.1 Å². The molecule has 0 bridgehead atoms. The second-order valence-electron chi connectivity index (χ2n) is 4.40. The second kappa shape index (κ2) is 6.37. The van der Waals surface area contributed by atoms with Crippen molar-refractivity contribution in [3.05, 3.63) is 27.1 Å². The average Bonchev–Trinajstić information content (AvgIpc) is 2.78. The van der Waals surface area contributed by atoms with Gasteiger partial charge in [-0.15, -0.1) is 0 Å². The van der Waals surface area contributed by atoms with Crippen LogP contribution in [-0.2, 0) is 23.0 Å². The van der Waals surface area contributed by atoms with Crippen LogP contribution in [0.1, 0.15) is 12.6 Å². The summed E-state index contributed by atoms with van der Waals surface area (Å²) in [6.07, 6.45) is 1.65. The van der Waals surface area contributed by atoms with Gasteiger partial charge < -0.3 is 6.16 Å². The summed E-state index contributed by atoms with van der Waals surface area (Å²) in [6.45, 7) is 0. The Morgan fingerprint density at radius 3 is 2.67 bits per heavy atom. The first-order valence-electron chi connectivity index (χ1n) is 5.72. The molecule has 1 aromatic carbocycles. The average molecular weight is 370 g/mol. The van der Waals surface area contributed by atoms with E-state index in [0.29, 0.717) is 0 Å². The molecule has 0 spiro atoms. The first kappa shape index (κ1) is 17.6. The van der Waals surface area contributed by atoms with Gasteiger partial charge in [-0.25, -0.2) is 0 Å². The molecule has 21 heavy (non-hydrogen) atoms. The number of benzene rings is 1. The van der Waals surface area contributed by atoms with Gasteiger partial charge in [0.2, 0.25) is 0 Å². The maximum absolute atomic E-state index is 11.5. The summed E-state index contributed by atoms with van der Waals surface area (Å²) in [5.41, 5.74) is 2.96. The van der Waals surface area contributed by atoms with Crippen LogP contribution in [0.25, 0.3) is 10.4 Å². The van der Waals surface area contributed by atoms with E-state index in [2.05, 4.69) is 0 Å². The van der Waals surface area contributed by atoms with E-state index in [9.17, 15) is 13.0 Å². The van der Waals surface area contributed by atoms with Crippen molar-refractivity contribution in [3.8, 4) is 16.2 Å². The van der Waals surface area contributed by atoms with Crippen molar-refractivity contribution in [1.82, 2.24) is 0 Å². The Balaban J connectivity index is 0.00000121. The molecule has 3 rings (SSSR count). The third-order valence-electron chi connectivity index (χ3n) is 3.28. The zero-order valence-electron chi connectivity index (χ0n) is 12.4. The van der Waals surface area contributed by atoms with Gasteiger partial charge in [0.15, 0.2) is 0 Å². The summed E-state index contributed by atoms with van der Waals surface area (Å²) < 4.78 is 38.2. The van der Waals surface area contributed by atoms with E-state index >= 15 is 0 Å². The van der Waals surface area contributed by atoms with Gasteiger partial charge in [-0.1, -0.05) is 32.9 Å². The normalized spacial score (nSPS) is 13.0. The van der Waals surface area contributed by atoms with Gasteiger partial charge in [-0.05, 0) is 36.1 Å². The number of rotatable bonds is 2. The predicted molar refractivity (Wildman–Crippen MR) is 83.4 cm³/mol. The second-order valence-corrected chi connectivity index (χ2v) is 8.60. The Hall–Kier alpha value is 0.200. The summed E-state index contributed by atoms with van der Waals surface area (Å²) >= 11 is 5.29. The number of aryl methyl sites for hydroxylation is 1. The largest absolute Gasteiger partial charge is 1.00 e. The van der Waals surface area contributed by atoms with Crippen molar-refractivity contribution in [2.24, 2.45) is 0 Å². The Kier molecular flexibility index (Phi) is 5.32. The molecule has 1 aromatic heterocycles. The van der Waals surface area contributed by atoms with Gasteiger partial charge in [0, 0.05) is 5.56 Å². The molecule has 108 valence electrons. The van der Waals surface area contributed by atoms with Crippen LogP contribution in [0.2, 0.25) is 0 Å². The Morgan fingerprint density at radius 2 is 2.05 bits per heavy atom. The number of ether oxygens (including phenoxy) is 1. The van der Waals surface area contributed by atoms with Crippen molar-refractivity contribution in [3.63, 3.8) is 0 Å². The van der Waals surface area contributed by atoms with Crippen LogP contribution < -0.4 is 34.3 Å². The maximum atomic E-state index is 11.5. The predicted octanol–water partition coefficient (Wildman–Crippen LogP) is 0.676. The van der Waals surface area contributed by atoms with Crippen LogP contribution in [0, 0.1) is 3.82 Å². The molecule has 0 radical (unpaired) electrons. The van der Waals surface area contributed by atoms with Crippen LogP contribution in [-0.4, -0.2) is 20.1 Å². The molecule has 0 amide bonds. The molecule has 2 aromatic rings. The van der Waals surface area contributed by atoms with E-state index in [1.165, 1.54) is 23.5 Å². The zero-order chi connectivity index (χ0) is 14.5. The van der Waals surface area contributed by atoms with Crippen molar-refractivity contribution >= 4 is 43.0 Å². The van der Waals surface area contributed by atoms with Gasteiger partial charge >= 0.3 is 29.6 Å². The topological polar surface area (TPSA) is 63.6 Å². The van der Waals surface area contributed by atoms with Crippen LogP contribution in [0.5, 0.6) is 5.75 Å². The van der Waals surface area contributed by atoms with Gasteiger partial charge in [-0.2, -0.15) is 8.42 Å². The smallest absolute Gasteiger partial charge is 1.00 e. The first-order valence-corrected chi connectivity index (χ1v) is 9.72. The van der Waals surface area contributed by atoms with Gasteiger partial charge in [0.25, 0.3) is 10.1 Å². The minimum absolute atomic E-state index is 0. The molecule has 9 heteroatoms. The minimum atomic E-state index is -4.32. The molecular formula is C12H11NaO4S4. The zero-order valence-corrected chi connectivity index (χ0v) is 16.6. The van der Waals surface area contributed by atoms with Gasteiger partial charge in [0.1, 0.15) is 14.5 Å². The van der Waals surface area contributed by atoms with Crippen molar-refractivity contribution in [1.29, 1.82) is 0 Å². The summed E-state index contributed by atoms with van der Waals surface area (Å²) in [6, 6.07) is 3.17. The van der Waals surface area contributed by atoms with Gasteiger partial charge in [0.05, 0.1) is 12.0 Å². The van der Waals surface area contributed by atoms with Crippen LogP contribution in [0.3, 0.4) is 0 Å². The van der Waals surface area contributed by atoms with Crippen LogP contribution in [0.15, 0.2) is 17.0 Å². The standard InChI is InChI=1S/C12H10O4S4.Na.H/c1-16-9-4-6-2-3-7-11(18-19-12(7)17)8(6)5-10(9)20(13,14)15;;/h4-5H,2-3H2,1H3,(H,13,14,15);;/q;+1;-1. The quantitative estimate of drug-likeness (QED) is 0.365. The van der Waals surface area contributed by atoms with E-state index in [-0.39, 0.29) is 41.6 Å². The van der Waals surface area contributed by atoms with E-state index in [0.717, 1.165) is 38.2 Å². The van der Waals surface area contributed by atoms with E-state index in [1.807, 2.05) is 0 Å². The SMILES string of the molecule is COc1cc2c(cc1S(=O)(=O)O)-c1ssc(=S)c1CC2.[H-].[Na+]. The molecule has 0 unspecified atom stereocenters. The fraction of sp³-hybridized carbons (Fsp3) is 0.250. The molecule has 1 heterocycles. The van der Waals surface area contributed by atoms with Gasteiger partial charge in [-0.3, -0.25) is 4.55 Å². The summed E-state index contributed by atoms with van der Waals surface area (Å²) in [4.78, 5) is 0.810. The third-order valence-corrected chi connectivity index (χ3v) is 7.33. The summed E-state index contributed by atoms with van der Waals surface area (Å²) in [5, 5.41) is 0. The van der Waals surface area contributed by atoms with Crippen LogP contribution >= 0.6 is 32.9 Å². The summed E-state index contributed by atoms with van der Waals surface area (Å²) in [5.74, 6) is 0.175. The molecule has 1 aliphatic carbocycles. The minimum Gasteiger partial charge on any atom is -1.00 e. The number of hydrogen-bond acceptors (Lipinski definition) is 6. The van der Waals surface area contributed by atoms with Crippen LogP contribution in [0.4, 0.5) is 0 Å². The number of hydrogen-bond donors (Lipinski definition) is 1.